The first kappa shape index (κ1) is 16.0. The molecule has 1 aliphatic heterocycles. The maximum absolute atomic E-state index is 5.39. The molecule has 2 heterocycles. The number of rotatable bonds is 9. The van der Waals surface area contributed by atoms with Gasteiger partial charge in [-0.25, -0.2) is 0 Å². The Kier molecular flexibility index (Phi) is 6.73. The van der Waals surface area contributed by atoms with Crippen LogP contribution in [0.4, 0.5) is 0 Å². The molecule has 4 heteroatoms. The molecule has 116 valence electrons. The minimum absolute atomic E-state index is 0.866. The zero-order chi connectivity index (χ0) is 14.9. The summed E-state index contributed by atoms with van der Waals surface area (Å²) in [6.45, 7) is 16.3. The minimum Gasteiger partial charge on any atom is -0.379 e. The van der Waals surface area contributed by atoms with Crippen LogP contribution in [0.15, 0.2) is 43.6 Å². The Morgan fingerprint density at radius 2 is 1.86 bits per heavy atom. The van der Waals surface area contributed by atoms with Crippen molar-refractivity contribution in [2.24, 2.45) is 0 Å². The first-order valence-electron chi connectivity index (χ1n) is 7.71. The van der Waals surface area contributed by atoms with Crippen molar-refractivity contribution >= 4 is 0 Å². The van der Waals surface area contributed by atoms with Crippen LogP contribution >= 0.6 is 0 Å². The normalized spacial score (nSPS) is 16.2. The zero-order valence-corrected chi connectivity index (χ0v) is 12.9. The quantitative estimate of drug-likeness (QED) is 0.649. The predicted molar refractivity (Wildman–Crippen MR) is 87.4 cm³/mol. The van der Waals surface area contributed by atoms with Gasteiger partial charge in [-0.2, -0.15) is 0 Å². The van der Waals surface area contributed by atoms with E-state index in [4.69, 9.17) is 4.74 Å². The predicted octanol–water partition coefficient (Wildman–Crippen LogP) is 1.99. The molecule has 4 nitrogen and oxygen atoms in total. The molecule has 1 fully saturated rings. The van der Waals surface area contributed by atoms with Gasteiger partial charge in [0.1, 0.15) is 0 Å². The number of nitrogens with zero attached hydrogens (tertiary/aromatic N) is 3. The maximum Gasteiger partial charge on any atom is 0.0594 e. The van der Waals surface area contributed by atoms with Gasteiger partial charge in [0.25, 0.3) is 0 Å². The van der Waals surface area contributed by atoms with E-state index in [2.05, 4.69) is 45.9 Å². The highest BCUT2D eigenvalue weighted by Gasteiger charge is 2.11. The Bertz CT molecular complexity index is 425. The lowest BCUT2D eigenvalue weighted by Crippen LogP contribution is -2.38. The van der Waals surface area contributed by atoms with E-state index < -0.39 is 0 Å². The molecule has 0 radical (unpaired) electrons. The van der Waals surface area contributed by atoms with Crippen LogP contribution in [-0.4, -0.2) is 60.3 Å². The Morgan fingerprint density at radius 1 is 1.14 bits per heavy atom. The molecule has 0 bridgehead atoms. The summed E-state index contributed by atoms with van der Waals surface area (Å²) in [4.78, 5) is 4.80. The Balaban J connectivity index is 1.87. The molecule has 0 saturated carbocycles. The van der Waals surface area contributed by atoms with E-state index >= 15 is 0 Å². The second kappa shape index (κ2) is 8.82. The largest absolute Gasteiger partial charge is 0.379 e. The first-order chi connectivity index (χ1) is 10.3. The van der Waals surface area contributed by atoms with E-state index in [-0.39, 0.29) is 0 Å². The van der Waals surface area contributed by atoms with Crippen LogP contribution in [0.2, 0.25) is 0 Å². The third-order valence-corrected chi connectivity index (χ3v) is 3.84. The van der Waals surface area contributed by atoms with Gasteiger partial charge < -0.3 is 9.30 Å². The van der Waals surface area contributed by atoms with Gasteiger partial charge in [0.2, 0.25) is 0 Å². The minimum atomic E-state index is 0.866. The van der Waals surface area contributed by atoms with Crippen molar-refractivity contribution in [1.29, 1.82) is 0 Å². The molecule has 0 N–H and O–H groups in total. The van der Waals surface area contributed by atoms with Crippen LogP contribution in [0.5, 0.6) is 0 Å². The first-order valence-corrected chi connectivity index (χ1v) is 7.71. The Morgan fingerprint density at radius 3 is 2.52 bits per heavy atom. The van der Waals surface area contributed by atoms with E-state index in [1.807, 2.05) is 12.2 Å². The molecule has 0 aliphatic carbocycles. The Labute approximate surface area is 128 Å². The van der Waals surface area contributed by atoms with Gasteiger partial charge in [-0.1, -0.05) is 12.2 Å². The fraction of sp³-hybridized carbons (Fsp3) is 0.529. The molecular weight excluding hydrogens is 262 g/mol. The molecule has 1 saturated heterocycles. The van der Waals surface area contributed by atoms with Crippen molar-refractivity contribution in [2.45, 2.75) is 13.1 Å². The molecule has 2 rings (SSSR count). The number of ether oxygens (including phenoxy) is 1. The van der Waals surface area contributed by atoms with Gasteiger partial charge in [-0.05, 0) is 12.1 Å². The monoisotopic (exact) mass is 289 g/mol. The van der Waals surface area contributed by atoms with Gasteiger partial charge in [0.15, 0.2) is 0 Å². The van der Waals surface area contributed by atoms with Crippen LogP contribution in [0, 0.1) is 0 Å². The molecule has 0 aromatic carbocycles. The molecule has 1 aliphatic rings. The fourth-order valence-electron chi connectivity index (χ4n) is 2.68. The van der Waals surface area contributed by atoms with Crippen molar-refractivity contribution in [3.05, 3.63) is 49.3 Å². The third kappa shape index (κ3) is 5.16. The zero-order valence-electron chi connectivity index (χ0n) is 12.9. The number of hydrogen-bond donors (Lipinski definition) is 0. The van der Waals surface area contributed by atoms with Gasteiger partial charge in [-0.3, -0.25) is 9.80 Å². The summed E-state index contributed by atoms with van der Waals surface area (Å²) in [7, 11) is 0. The van der Waals surface area contributed by atoms with Crippen LogP contribution in [-0.2, 0) is 17.8 Å². The highest BCUT2D eigenvalue weighted by Crippen LogP contribution is 2.08. The molecule has 21 heavy (non-hydrogen) atoms. The van der Waals surface area contributed by atoms with E-state index in [1.165, 1.54) is 5.69 Å². The lowest BCUT2D eigenvalue weighted by atomic mass is 10.3. The van der Waals surface area contributed by atoms with E-state index in [9.17, 15) is 0 Å². The summed E-state index contributed by atoms with van der Waals surface area (Å²) in [6.07, 6.45) is 6.07. The topological polar surface area (TPSA) is 20.6 Å². The highest BCUT2D eigenvalue weighted by atomic mass is 16.5. The summed E-state index contributed by atoms with van der Waals surface area (Å²) in [5.41, 5.74) is 1.35. The van der Waals surface area contributed by atoms with Crippen molar-refractivity contribution in [3.63, 3.8) is 0 Å². The lowest BCUT2D eigenvalue weighted by molar-refractivity contribution is 0.0362. The SMILES string of the molecule is C=CCN(CC=C)Cc1cccn1CCN1CCOCC1. The Hall–Kier alpha value is -1.36. The summed E-state index contributed by atoms with van der Waals surface area (Å²) in [6, 6.07) is 4.34. The van der Waals surface area contributed by atoms with Crippen LogP contribution < -0.4 is 0 Å². The van der Waals surface area contributed by atoms with Crippen molar-refractivity contribution < 1.29 is 4.74 Å². The molecule has 0 atom stereocenters. The number of aromatic nitrogens is 1. The van der Waals surface area contributed by atoms with E-state index in [1.54, 1.807) is 0 Å². The lowest BCUT2D eigenvalue weighted by Gasteiger charge is -2.27. The maximum atomic E-state index is 5.39. The smallest absolute Gasteiger partial charge is 0.0594 e. The fourth-order valence-corrected chi connectivity index (χ4v) is 2.68. The van der Waals surface area contributed by atoms with Crippen molar-refractivity contribution in [2.75, 3.05) is 45.9 Å². The summed E-state index contributed by atoms with van der Waals surface area (Å²) in [5.74, 6) is 0. The number of morpholine rings is 1. The highest BCUT2D eigenvalue weighted by molar-refractivity contribution is 5.07. The van der Waals surface area contributed by atoms with Gasteiger partial charge in [-0.15, -0.1) is 13.2 Å². The van der Waals surface area contributed by atoms with Gasteiger partial charge >= 0.3 is 0 Å². The average Bonchev–Trinajstić information content (AvgIpc) is 2.94. The standard InChI is InChI=1S/C17H27N3O/c1-3-7-19(8-4-2)16-17-6-5-9-20(17)11-10-18-12-14-21-15-13-18/h3-6,9H,1-2,7-8,10-16H2. The van der Waals surface area contributed by atoms with Gasteiger partial charge in [0, 0.05) is 57.7 Å². The third-order valence-electron chi connectivity index (χ3n) is 3.84. The molecule has 1 aromatic heterocycles. The molecule has 0 amide bonds. The second-order valence-electron chi connectivity index (χ2n) is 5.42. The van der Waals surface area contributed by atoms with Gasteiger partial charge in [0.05, 0.1) is 13.2 Å². The number of hydrogen-bond acceptors (Lipinski definition) is 3. The van der Waals surface area contributed by atoms with E-state index in [0.717, 1.165) is 59.0 Å². The molecule has 0 unspecified atom stereocenters. The van der Waals surface area contributed by atoms with Crippen LogP contribution in [0.25, 0.3) is 0 Å². The average molecular weight is 289 g/mol. The van der Waals surface area contributed by atoms with Crippen LogP contribution in [0.1, 0.15) is 5.69 Å². The molecule has 1 aromatic rings. The van der Waals surface area contributed by atoms with Crippen molar-refractivity contribution in [1.82, 2.24) is 14.4 Å². The van der Waals surface area contributed by atoms with E-state index in [0.29, 0.717) is 0 Å². The molecule has 0 spiro atoms. The summed E-state index contributed by atoms with van der Waals surface area (Å²) in [5, 5.41) is 0. The summed E-state index contributed by atoms with van der Waals surface area (Å²) < 4.78 is 7.75. The van der Waals surface area contributed by atoms with Crippen molar-refractivity contribution in [3.8, 4) is 0 Å². The summed E-state index contributed by atoms with van der Waals surface area (Å²) >= 11 is 0. The second-order valence-corrected chi connectivity index (χ2v) is 5.42. The van der Waals surface area contributed by atoms with Crippen LogP contribution in [0.3, 0.4) is 0 Å². The molecular formula is C17H27N3O.